The van der Waals surface area contributed by atoms with Crippen molar-refractivity contribution in [2.45, 2.75) is 96.8 Å². The van der Waals surface area contributed by atoms with E-state index in [4.69, 9.17) is 5.26 Å². The highest BCUT2D eigenvalue weighted by atomic mass is 16.3. The van der Waals surface area contributed by atoms with Crippen LogP contribution in [0.25, 0.3) is 0 Å². The minimum absolute atomic E-state index is 0.175. The highest BCUT2D eigenvalue weighted by Crippen LogP contribution is 2.66. The van der Waals surface area contributed by atoms with E-state index in [1.807, 2.05) is 6.92 Å². The van der Waals surface area contributed by atoms with Gasteiger partial charge in [-0.1, -0.05) is 13.8 Å². The number of aliphatic hydroxyl groups is 2. The highest BCUT2D eigenvalue weighted by molar-refractivity contribution is 5.21. The number of aromatic nitrogens is 2. The van der Waals surface area contributed by atoms with Gasteiger partial charge < -0.3 is 10.2 Å². The van der Waals surface area contributed by atoms with Crippen LogP contribution in [0.5, 0.6) is 0 Å². The number of fused-ring (bicyclic) bond motifs is 5. The van der Waals surface area contributed by atoms with Crippen molar-refractivity contribution in [3.05, 3.63) is 18.0 Å². The molecule has 1 unspecified atom stereocenters. The molecule has 0 aromatic carbocycles. The molecule has 0 radical (unpaired) electrons. The van der Waals surface area contributed by atoms with Crippen LogP contribution >= 0.6 is 0 Å². The van der Waals surface area contributed by atoms with Crippen molar-refractivity contribution in [2.24, 2.45) is 46.8 Å². The summed E-state index contributed by atoms with van der Waals surface area (Å²) in [5.41, 5.74) is -0.597. The Bertz CT molecular complexity index is 899. The molecule has 1 heterocycles. The fourth-order valence-corrected chi connectivity index (χ4v) is 9.22. The Labute approximate surface area is 193 Å². The van der Waals surface area contributed by atoms with Gasteiger partial charge in [0.15, 0.2) is 0 Å². The molecule has 0 saturated heterocycles. The molecule has 32 heavy (non-hydrogen) atoms. The van der Waals surface area contributed by atoms with Crippen LogP contribution in [0.2, 0.25) is 0 Å². The van der Waals surface area contributed by atoms with Crippen molar-refractivity contribution in [1.82, 2.24) is 9.78 Å². The maximum Gasteiger partial charge on any atom is 0.102 e. The third kappa shape index (κ3) is 3.44. The molecule has 5 heteroatoms. The summed E-state index contributed by atoms with van der Waals surface area (Å²) in [5, 5.41) is 36.0. The quantitative estimate of drug-likeness (QED) is 0.711. The van der Waals surface area contributed by atoms with Crippen molar-refractivity contribution < 1.29 is 10.2 Å². The Kier molecular flexibility index (Phi) is 5.30. The van der Waals surface area contributed by atoms with Gasteiger partial charge in [0, 0.05) is 6.20 Å². The van der Waals surface area contributed by atoms with E-state index in [9.17, 15) is 10.2 Å². The third-order valence-corrected chi connectivity index (χ3v) is 10.9. The van der Waals surface area contributed by atoms with E-state index in [2.05, 4.69) is 31.9 Å². The molecule has 0 spiro atoms. The number of hydrogen-bond acceptors (Lipinski definition) is 4. The highest BCUT2D eigenvalue weighted by Gasteiger charge is 2.61. The second kappa shape index (κ2) is 7.57. The van der Waals surface area contributed by atoms with E-state index < -0.39 is 11.2 Å². The lowest BCUT2D eigenvalue weighted by molar-refractivity contribution is -0.138. The molecule has 1 aromatic rings. The summed E-state index contributed by atoms with van der Waals surface area (Å²) in [7, 11) is 0. The van der Waals surface area contributed by atoms with E-state index in [1.54, 1.807) is 17.1 Å². The molecule has 176 valence electrons. The molecule has 0 amide bonds. The summed E-state index contributed by atoms with van der Waals surface area (Å²) in [6, 6.07) is 2.14. The van der Waals surface area contributed by atoms with Gasteiger partial charge in [0.25, 0.3) is 0 Å². The number of nitrogens with zero attached hydrogens (tertiary/aromatic N) is 3. The van der Waals surface area contributed by atoms with E-state index in [0.717, 1.165) is 30.6 Å². The first-order valence-corrected chi connectivity index (χ1v) is 12.9. The zero-order chi connectivity index (χ0) is 22.9. The molecule has 4 aliphatic rings. The van der Waals surface area contributed by atoms with Gasteiger partial charge in [0.1, 0.15) is 6.07 Å². The minimum atomic E-state index is -0.829. The lowest BCUT2D eigenvalue weighted by Gasteiger charge is -2.58. The number of nitriles is 1. The molecule has 4 saturated carbocycles. The fraction of sp³-hybridized carbons (Fsp3) is 0.852. The summed E-state index contributed by atoms with van der Waals surface area (Å²) in [4.78, 5) is 0. The van der Waals surface area contributed by atoms with Crippen LogP contribution in [0.3, 0.4) is 0 Å². The number of hydrogen-bond donors (Lipinski definition) is 2. The Morgan fingerprint density at radius 1 is 1.19 bits per heavy atom. The maximum absolute atomic E-state index is 11.7. The van der Waals surface area contributed by atoms with Crippen molar-refractivity contribution in [2.75, 3.05) is 0 Å². The zero-order valence-electron chi connectivity index (χ0n) is 20.3. The first kappa shape index (κ1) is 22.4. The Morgan fingerprint density at radius 3 is 2.69 bits per heavy atom. The van der Waals surface area contributed by atoms with Crippen molar-refractivity contribution in [3.63, 3.8) is 0 Å². The molecule has 0 aliphatic heterocycles. The molecular weight excluding hydrogens is 398 g/mol. The standard InChI is InChI=1S/C27H41N3O2/c1-17-11-22-19(12-26(17,3)31)5-6-21-20(22)9-10-25(2)23(21)7-8-24(25)27(4,32)16-30-15-18(13-28)14-29-30/h14-15,17,19-24,31-32H,5-12,16H2,1-4H3/t17-,19-,20+,21-,22+,23+,24+,25+,26+,27?/m1/s1. The van der Waals surface area contributed by atoms with E-state index in [0.29, 0.717) is 29.9 Å². The summed E-state index contributed by atoms with van der Waals surface area (Å²) in [6.07, 6.45) is 12.9. The largest absolute Gasteiger partial charge is 0.390 e. The predicted molar refractivity (Wildman–Crippen MR) is 123 cm³/mol. The van der Waals surface area contributed by atoms with Gasteiger partial charge in [0.2, 0.25) is 0 Å². The minimum Gasteiger partial charge on any atom is -0.390 e. The maximum atomic E-state index is 11.7. The summed E-state index contributed by atoms with van der Waals surface area (Å²) >= 11 is 0. The first-order chi connectivity index (χ1) is 15.0. The van der Waals surface area contributed by atoms with Crippen molar-refractivity contribution in [3.8, 4) is 6.07 Å². The second-order valence-electron chi connectivity index (χ2n) is 12.7. The third-order valence-electron chi connectivity index (χ3n) is 10.9. The Hall–Kier alpha value is -1.38. The lowest BCUT2D eigenvalue weighted by atomic mass is 9.47. The molecule has 10 atom stereocenters. The van der Waals surface area contributed by atoms with Gasteiger partial charge >= 0.3 is 0 Å². The van der Waals surface area contributed by atoms with Crippen LogP contribution < -0.4 is 0 Å². The average Bonchev–Trinajstić information content (AvgIpc) is 3.32. The van der Waals surface area contributed by atoms with Crippen LogP contribution in [0.1, 0.15) is 84.6 Å². The lowest BCUT2D eigenvalue weighted by Crippen LogP contribution is -2.54. The predicted octanol–water partition coefficient (Wildman–Crippen LogP) is 4.77. The van der Waals surface area contributed by atoms with Gasteiger partial charge in [0.05, 0.1) is 29.5 Å². The van der Waals surface area contributed by atoms with Gasteiger partial charge in [-0.15, -0.1) is 0 Å². The summed E-state index contributed by atoms with van der Waals surface area (Å²) in [6.45, 7) is 9.22. The van der Waals surface area contributed by atoms with Gasteiger partial charge in [-0.3, -0.25) is 4.68 Å². The molecule has 5 nitrogen and oxygen atoms in total. The van der Waals surface area contributed by atoms with Crippen LogP contribution in [0.15, 0.2) is 12.4 Å². The normalized spacial score (nSPS) is 47.6. The molecule has 5 rings (SSSR count). The van der Waals surface area contributed by atoms with Crippen LogP contribution in [-0.2, 0) is 6.54 Å². The fourth-order valence-electron chi connectivity index (χ4n) is 9.22. The van der Waals surface area contributed by atoms with E-state index in [1.165, 1.54) is 38.5 Å². The molecular formula is C27H41N3O2. The summed E-state index contributed by atoms with van der Waals surface area (Å²) in [5.74, 6) is 4.41. The van der Waals surface area contributed by atoms with Crippen molar-refractivity contribution in [1.29, 1.82) is 5.26 Å². The first-order valence-electron chi connectivity index (χ1n) is 12.9. The molecule has 0 bridgehead atoms. The summed E-state index contributed by atoms with van der Waals surface area (Å²) < 4.78 is 1.75. The monoisotopic (exact) mass is 439 g/mol. The smallest absolute Gasteiger partial charge is 0.102 e. The van der Waals surface area contributed by atoms with E-state index >= 15 is 0 Å². The van der Waals surface area contributed by atoms with Crippen LogP contribution in [0, 0.1) is 58.2 Å². The van der Waals surface area contributed by atoms with E-state index in [-0.39, 0.29) is 11.3 Å². The Morgan fingerprint density at radius 2 is 1.97 bits per heavy atom. The van der Waals surface area contributed by atoms with Crippen molar-refractivity contribution >= 4 is 0 Å². The molecule has 4 fully saturated rings. The van der Waals surface area contributed by atoms with Gasteiger partial charge in [-0.25, -0.2) is 0 Å². The van der Waals surface area contributed by atoms with Gasteiger partial charge in [-0.2, -0.15) is 10.4 Å². The molecule has 1 aromatic heterocycles. The second-order valence-corrected chi connectivity index (χ2v) is 12.7. The number of rotatable bonds is 3. The van der Waals surface area contributed by atoms with Crippen LogP contribution in [-0.4, -0.2) is 31.2 Å². The average molecular weight is 440 g/mol. The Balaban J connectivity index is 1.34. The topological polar surface area (TPSA) is 82.1 Å². The SMILES string of the molecule is C[C@@H]1C[C@H]2[C@H](CC[C@@H]3[C@@H]2CC[C@]2(C)[C@@H](C(C)(O)Cn4cc(C#N)cn4)CC[C@@H]32)C[C@]1(C)O. The zero-order valence-corrected chi connectivity index (χ0v) is 20.3. The molecule has 4 aliphatic carbocycles. The van der Waals surface area contributed by atoms with Crippen LogP contribution in [0.4, 0.5) is 0 Å². The van der Waals surface area contributed by atoms with Gasteiger partial charge in [-0.05, 0) is 112 Å². The molecule has 2 N–H and O–H groups in total.